The molecule has 23 heavy (non-hydrogen) atoms. The van der Waals surface area contributed by atoms with Gasteiger partial charge in [-0.1, -0.05) is 30.3 Å². The van der Waals surface area contributed by atoms with Gasteiger partial charge in [0, 0.05) is 24.5 Å². The summed E-state index contributed by atoms with van der Waals surface area (Å²) in [4.78, 5) is 14.5. The predicted octanol–water partition coefficient (Wildman–Crippen LogP) is 3.53. The first-order chi connectivity index (χ1) is 11.1. The minimum atomic E-state index is 0.0775. The Morgan fingerprint density at radius 2 is 2.04 bits per heavy atom. The van der Waals surface area contributed by atoms with Gasteiger partial charge in [-0.2, -0.15) is 0 Å². The second kappa shape index (κ2) is 4.70. The van der Waals surface area contributed by atoms with Gasteiger partial charge in [-0.25, -0.2) is 0 Å². The van der Waals surface area contributed by atoms with E-state index >= 15 is 0 Å². The van der Waals surface area contributed by atoms with Crippen molar-refractivity contribution in [3.8, 4) is 0 Å². The summed E-state index contributed by atoms with van der Waals surface area (Å²) in [6.07, 6.45) is 5.53. The summed E-state index contributed by atoms with van der Waals surface area (Å²) in [6.45, 7) is 3.84. The molecular weight excluding hydrogens is 286 g/mol. The molecule has 1 aliphatic heterocycles. The van der Waals surface area contributed by atoms with Crippen LogP contribution in [0.25, 0.3) is 0 Å². The van der Waals surface area contributed by atoms with Crippen LogP contribution in [-0.2, 0) is 9.53 Å². The minimum absolute atomic E-state index is 0.0775. The van der Waals surface area contributed by atoms with Gasteiger partial charge in [0.2, 0.25) is 5.91 Å². The first kappa shape index (κ1) is 13.8. The molecule has 0 radical (unpaired) electrons. The van der Waals surface area contributed by atoms with E-state index in [1.54, 1.807) is 6.92 Å². The van der Waals surface area contributed by atoms with Crippen molar-refractivity contribution in [2.45, 2.75) is 44.9 Å². The average Bonchev–Trinajstić information content (AvgIpc) is 3.22. The molecule has 120 valence electrons. The molecule has 3 aliphatic carbocycles. The largest absolute Gasteiger partial charge is 0.370 e. The van der Waals surface area contributed by atoms with Crippen LogP contribution in [-0.4, -0.2) is 23.0 Å². The van der Waals surface area contributed by atoms with Crippen LogP contribution in [0.15, 0.2) is 42.1 Å². The van der Waals surface area contributed by atoms with Crippen molar-refractivity contribution in [1.29, 1.82) is 0 Å². The number of carbonyl (C=O) groups excluding carboxylic acids is 1. The summed E-state index contributed by atoms with van der Waals surface area (Å²) in [5.41, 5.74) is 2.44. The number of carbonyl (C=O) groups is 1. The standard InChI is InChI=1S/C20H23NO2/c1-11(13-6-4-3-5-7-13)21(12(2)22)16-10-18-20-15-8-14(19(16)20)9-17(15)23-18/h3-7,10-11,14-15,17-20H,8-9H2,1-2H3/t11-,14+,15-,17+,18-,19-,20-/m1/s1. The van der Waals surface area contributed by atoms with E-state index in [-0.39, 0.29) is 18.1 Å². The maximum atomic E-state index is 12.5. The molecule has 2 bridgehead atoms. The van der Waals surface area contributed by atoms with Crippen molar-refractivity contribution in [3.05, 3.63) is 47.7 Å². The summed E-state index contributed by atoms with van der Waals surface area (Å²) in [5.74, 6) is 2.78. The second-order valence-electron chi connectivity index (χ2n) is 7.70. The van der Waals surface area contributed by atoms with Crippen LogP contribution in [0.5, 0.6) is 0 Å². The van der Waals surface area contributed by atoms with Crippen molar-refractivity contribution < 1.29 is 9.53 Å². The number of hydrogen-bond acceptors (Lipinski definition) is 2. The van der Waals surface area contributed by atoms with E-state index in [0.717, 1.165) is 11.8 Å². The predicted molar refractivity (Wildman–Crippen MR) is 87.3 cm³/mol. The van der Waals surface area contributed by atoms with E-state index in [1.165, 1.54) is 24.1 Å². The molecule has 1 saturated heterocycles. The summed E-state index contributed by atoms with van der Waals surface area (Å²) >= 11 is 0. The fourth-order valence-electron chi connectivity index (χ4n) is 5.91. The van der Waals surface area contributed by atoms with Crippen molar-refractivity contribution in [2.75, 3.05) is 0 Å². The van der Waals surface area contributed by atoms with Crippen LogP contribution in [0.4, 0.5) is 0 Å². The Kier molecular flexibility index (Phi) is 2.82. The van der Waals surface area contributed by atoms with Gasteiger partial charge in [-0.15, -0.1) is 0 Å². The lowest BCUT2D eigenvalue weighted by Crippen LogP contribution is -2.36. The van der Waals surface area contributed by atoms with Crippen LogP contribution in [0.1, 0.15) is 38.3 Å². The van der Waals surface area contributed by atoms with E-state index in [2.05, 4.69) is 25.1 Å². The highest BCUT2D eigenvalue weighted by Crippen LogP contribution is 2.65. The van der Waals surface area contributed by atoms with Crippen molar-refractivity contribution in [3.63, 3.8) is 0 Å². The van der Waals surface area contributed by atoms with Crippen molar-refractivity contribution in [2.24, 2.45) is 23.7 Å². The van der Waals surface area contributed by atoms with Crippen LogP contribution in [0.2, 0.25) is 0 Å². The molecule has 7 atom stereocenters. The molecule has 2 saturated carbocycles. The Balaban J connectivity index is 1.53. The van der Waals surface area contributed by atoms with Gasteiger partial charge in [0.25, 0.3) is 0 Å². The third-order valence-corrected chi connectivity index (χ3v) is 6.68. The first-order valence-electron chi connectivity index (χ1n) is 8.87. The highest BCUT2D eigenvalue weighted by molar-refractivity contribution is 5.76. The molecule has 4 aliphatic rings. The number of fused-ring (bicyclic) bond motifs is 2. The SMILES string of the molecule is CC(=O)N(C1=C[C@H]2O[C@H]3C[C@@H]4C[C@H]3[C@H]2[C@@H]14)[C@H](C)c1ccccc1. The highest BCUT2D eigenvalue weighted by Gasteiger charge is 2.64. The zero-order valence-electron chi connectivity index (χ0n) is 13.7. The van der Waals surface area contributed by atoms with Gasteiger partial charge >= 0.3 is 0 Å². The fourth-order valence-corrected chi connectivity index (χ4v) is 5.91. The zero-order valence-corrected chi connectivity index (χ0v) is 13.7. The Bertz CT molecular complexity index is 680. The van der Waals surface area contributed by atoms with E-state index in [4.69, 9.17) is 4.74 Å². The number of allylic oxidation sites excluding steroid dienone is 1. The number of ether oxygens (including phenoxy) is 1. The van der Waals surface area contributed by atoms with Gasteiger partial charge < -0.3 is 9.64 Å². The quantitative estimate of drug-likeness (QED) is 0.855. The van der Waals surface area contributed by atoms with Gasteiger partial charge in [0.15, 0.2) is 0 Å². The molecule has 0 unspecified atom stereocenters. The van der Waals surface area contributed by atoms with Crippen molar-refractivity contribution >= 4 is 5.91 Å². The number of rotatable bonds is 3. The Morgan fingerprint density at radius 3 is 2.78 bits per heavy atom. The Labute approximate surface area is 137 Å². The lowest BCUT2D eigenvalue weighted by molar-refractivity contribution is -0.129. The number of nitrogens with zero attached hydrogens (tertiary/aromatic N) is 1. The van der Waals surface area contributed by atoms with E-state index in [0.29, 0.717) is 17.9 Å². The topological polar surface area (TPSA) is 29.5 Å². The average molecular weight is 309 g/mol. The maximum Gasteiger partial charge on any atom is 0.224 e. The van der Waals surface area contributed by atoms with Crippen molar-refractivity contribution in [1.82, 2.24) is 4.90 Å². The van der Waals surface area contributed by atoms with E-state index in [9.17, 15) is 4.79 Å². The number of amides is 1. The molecule has 1 aromatic rings. The normalized spacial score (nSPS) is 40.3. The summed E-state index contributed by atoms with van der Waals surface area (Å²) in [5, 5.41) is 0. The molecule has 1 aromatic carbocycles. The summed E-state index contributed by atoms with van der Waals surface area (Å²) < 4.78 is 6.26. The monoisotopic (exact) mass is 309 g/mol. The Morgan fingerprint density at radius 1 is 1.26 bits per heavy atom. The number of hydrogen-bond donors (Lipinski definition) is 0. The molecular formula is C20H23NO2. The van der Waals surface area contributed by atoms with Crippen LogP contribution >= 0.6 is 0 Å². The summed E-state index contributed by atoms with van der Waals surface area (Å²) in [6, 6.07) is 10.4. The smallest absolute Gasteiger partial charge is 0.224 e. The highest BCUT2D eigenvalue weighted by atomic mass is 16.5. The zero-order chi connectivity index (χ0) is 15.7. The third-order valence-electron chi connectivity index (χ3n) is 6.68. The second-order valence-corrected chi connectivity index (χ2v) is 7.70. The molecule has 3 fully saturated rings. The maximum absolute atomic E-state index is 12.5. The summed E-state index contributed by atoms with van der Waals surface area (Å²) in [7, 11) is 0. The molecule has 1 amide bonds. The van der Waals surface area contributed by atoms with Gasteiger partial charge in [0.05, 0.1) is 18.2 Å². The lowest BCUT2D eigenvalue weighted by atomic mass is 9.80. The van der Waals surface area contributed by atoms with E-state index in [1.807, 2.05) is 23.1 Å². The van der Waals surface area contributed by atoms with E-state index < -0.39 is 0 Å². The molecule has 0 spiro atoms. The molecule has 5 rings (SSSR count). The van der Waals surface area contributed by atoms with Crippen LogP contribution in [0.3, 0.4) is 0 Å². The minimum Gasteiger partial charge on any atom is -0.370 e. The molecule has 1 heterocycles. The molecule has 3 heteroatoms. The van der Waals surface area contributed by atoms with Gasteiger partial charge in [-0.3, -0.25) is 4.79 Å². The number of benzene rings is 1. The molecule has 0 aromatic heterocycles. The Hall–Kier alpha value is -1.61. The fraction of sp³-hybridized carbons (Fsp3) is 0.550. The van der Waals surface area contributed by atoms with Gasteiger partial charge in [0.1, 0.15) is 0 Å². The third kappa shape index (κ3) is 1.77. The van der Waals surface area contributed by atoms with Gasteiger partial charge in [-0.05, 0) is 43.2 Å². The lowest BCUT2D eigenvalue weighted by Gasteiger charge is -2.36. The molecule has 0 N–H and O–H groups in total. The van der Waals surface area contributed by atoms with Crippen LogP contribution in [0, 0.1) is 23.7 Å². The molecule has 3 nitrogen and oxygen atoms in total. The van der Waals surface area contributed by atoms with Crippen LogP contribution < -0.4 is 0 Å². The first-order valence-corrected chi connectivity index (χ1v) is 8.87.